The first-order chi connectivity index (χ1) is 12.1. The molecule has 1 saturated heterocycles. The van der Waals surface area contributed by atoms with Crippen molar-refractivity contribution in [2.24, 2.45) is 4.99 Å². The summed E-state index contributed by atoms with van der Waals surface area (Å²) >= 11 is 0. The second kappa shape index (κ2) is 10.3. The van der Waals surface area contributed by atoms with Gasteiger partial charge in [-0.3, -0.25) is 4.99 Å². The second-order valence-corrected chi connectivity index (χ2v) is 6.72. The predicted molar refractivity (Wildman–Crippen MR) is 103 cm³/mol. The zero-order valence-electron chi connectivity index (χ0n) is 16.1. The first-order valence-corrected chi connectivity index (χ1v) is 9.44. The molecular formula is C20H33N3O2. The maximum atomic E-state index is 6.07. The topological polar surface area (TPSA) is 54.9 Å². The van der Waals surface area contributed by atoms with Gasteiger partial charge in [-0.1, -0.05) is 19.1 Å². The number of nitrogens with one attached hydrogen (secondary N) is 2. The number of guanidine groups is 1. The van der Waals surface area contributed by atoms with Crippen LogP contribution in [0.15, 0.2) is 23.2 Å². The monoisotopic (exact) mass is 347 g/mol. The molecule has 2 atom stereocenters. The van der Waals surface area contributed by atoms with E-state index in [2.05, 4.69) is 54.6 Å². The molecule has 25 heavy (non-hydrogen) atoms. The molecule has 1 aliphatic heterocycles. The predicted octanol–water partition coefficient (Wildman–Crippen LogP) is 3.41. The molecule has 0 bridgehead atoms. The molecule has 5 heteroatoms. The second-order valence-electron chi connectivity index (χ2n) is 6.72. The molecule has 0 aliphatic carbocycles. The zero-order valence-corrected chi connectivity index (χ0v) is 16.1. The Bertz CT molecular complexity index is 554. The molecule has 0 amide bonds. The van der Waals surface area contributed by atoms with Crippen molar-refractivity contribution in [3.8, 4) is 5.75 Å². The fraction of sp³-hybridized carbons (Fsp3) is 0.650. The third kappa shape index (κ3) is 6.58. The van der Waals surface area contributed by atoms with Crippen LogP contribution in [0.4, 0.5) is 0 Å². The lowest BCUT2D eigenvalue weighted by Gasteiger charge is -2.18. The highest BCUT2D eigenvalue weighted by molar-refractivity contribution is 5.79. The summed E-state index contributed by atoms with van der Waals surface area (Å²) in [6.07, 6.45) is 4.99. The lowest BCUT2D eigenvalue weighted by atomic mass is 10.1. The van der Waals surface area contributed by atoms with Gasteiger partial charge in [0.15, 0.2) is 5.96 Å². The Morgan fingerprint density at radius 3 is 2.92 bits per heavy atom. The van der Waals surface area contributed by atoms with Crippen LogP contribution in [0.2, 0.25) is 0 Å². The van der Waals surface area contributed by atoms with E-state index in [9.17, 15) is 0 Å². The quantitative estimate of drug-likeness (QED) is 0.559. The van der Waals surface area contributed by atoms with Gasteiger partial charge in [0.25, 0.3) is 0 Å². The Morgan fingerprint density at radius 1 is 1.40 bits per heavy atom. The molecule has 0 spiro atoms. The summed E-state index contributed by atoms with van der Waals surface area (Å²) in [5, 5.41) is 6.75. The summed E-state index contributed by atoms with van der Waals surface area (Å²) in [6, 6.07) is 6.35. The molecule has 1 fully saturated rings. The molecule has 0 saturated carbocycles. The summed E-state index contributed by atoms with van der Waals surface area (Å²) in [7, 11) is 1.80. The highest BCUT2D eigenvalue weighted by atomic mass is 16.5. The molecule has 0 radical (unpaired) electrons. The largest absolute Gasteiger partial charge is 0.490 e. The van der Waals surface area contributed by atoms with Gasteiger partial charge in [0, 0.05) is 32.3 Å². The van der Waals surface area contributed by atoms with Crippen LogP contribution in [0.1, 0.15) is 50.7 Å². The van der Waals surface area contributed by atoms with E-state index in [1.54, 1.807) is 7.05 Å². The number of aliphatic imine (C=N–C) groups is 1. The molecule has 1 aliphatic rings. The smallest absolute Gasteiger partial charge is 0.191 e. The van der Waals surface area contributed by atoms with Crippen molar-refractivity contribution in [3.05, 3.63) is 29.3 Å². The first-order valence-electron chi connectivity index (χ1n) is 9.44. The van der Waals surface area contributed by atoms with E-state index in [0.29, 0.717) is 12.6 Å². The minimum Gasteiger partial charge on any atom is -0.490 e. The molecule has 1 heterocycles. The van der Waals surface area contributed by atoms with Crippen LogP contribution in [0.3, 0.4) is 0 Å². The summed E-state index contributed by atoms with van der Waals surface area (Å²) in [5.41, 5.74) is 2.36. The molecule has 2 rings (SSSR count). The Hall–Kier alpha value is -1.75. The molecular weight excluding hydrogens is 314 g/mol. The SMILES string of the molecule is CCC(C)Oc1cc(C)ccc1CNC(=NC)NCCC1CCCO1. The van der Waals surface area contributed by atoms with Gasteiger partial charge in [-0.15, -0.1) is 0 Å². The van der Waals surface area contributed by atoms with Gasteiger partial charge >= 0.3 is 0 Å². The standard InChI is InChI=1S/C20H33N3O2/c1-5-16(3)25-19-13-15(2)8-9-17(19)14-23-20(21-4)22-11-10-18-7-6-12-24-18/h8-9,13,16,18H,5-7,10-12,14H2,1-4H3,(H2,21,22,23). The van der Waals surface area contributed by atoms with Crippen molar-refractivity contribution in [1.29, 1.82) is 0 Å². The number of aryl methyl sites for hydroxylation is 1. The summed E-state index contributed by atoms with van der Waals surface area (Å²) < 4.78 is 11.7. The van der Waals surface area contributed by atoms with Gasteiger partial charge in [0.2, 0.25) is 0 Å². The van der Waals surface area contributed by atoms with Crippen LogP contribution >= 0.6 is 0 Å². The Labute approximate surface area is 152 Å². The minimum atomic E-state index is 0.212. The van der Waals surface area contributed by atoms with Crippen LogP contribution in [-0.4, -0.2) is 38.4 Å². The van der Waals surface area contributed by atoms with E-state index in [1.807, 2.05) is 0 Å². The maximum Gasteiger partial charge on any atom is 0.191 e. The first kappa shape index (κ1) is 19.6. The molecule has 140 valence electrons. The van der Waals surface area contributed by atoms with Gasteiger partial charge in [-0.05, 0) is 51.2 Å². The summed E-state index contributed by atoms with van der Waals surface area (Å²) in [5.74, 6) is 1.77. The fourth-order valence-corrected chi connectivity index (χ4v) is 2.84. The Morgan fingerprint density at radius 2 is 2.24 bits per heavy atom. The zero-order chi connectivity index (χ0) is 18.1. The van der Waals surface area contributed by atoms with Gasteiger partial charge in [-0.2, -0.15) is 0 Å². The summed E-state index contributed by atoms with van der Waals surface area (Å²) in [4.78, 5) is 4.30. The molecule has 1 aromatic carbocycles. The van der Waals surface area contributed by atoms with Gasteiger partial charge in [-0.25, -0.2) is 0 Å². The molecule has 1 aromatic rings. The molecule has 0 aromatic heterocycles. The normalized spacial score (nSPS) is 18.9. The van der Waals surface area contributed by atoms with E-state index < -0.39 is 0 Å². The lowest BCUT2D eigenvalue weighted by Crippen LogP contribution is -2.38. The van der Waals surface area contributed by atoms with Crippen LogP contribution in [0.25, 0.3) is 0 Å². The van der Waals surface area contributed by atoms with Crippen molar-refractivity contribution >= 4 is 5.96 Å². The van der Waals surface area contributed by atoms with E-state index in [4.69, 9.17) is 9.47 Å². The molecule has 2 unspecified atom stereocenters. The third-order valence-electron chi connectivity index (χ3n) is 4.58. The number of ether oxygens (including phenoxy) is 2. The average molecular weight is 348 g/mol. The average Bonchev–Trinajstić information content (AvgIpc) is 3.12. The van der Waals surface area contributed by atoms with Crippen molar-refractivity contribution in [3.63, 3.8) is 0 Å². The maximum absolute atomic E-state index is 6.07. The molecule has 5 nitrogen and oxygen atoms in total. The van der Waals surface area contributed by atoms with E-state index in [0.717, 1.165) is 43.3 Å². The van der Waals surface area contributed by atoms with Crippen molar-refractivity contribution in [1.82, 2.24) is 10.6 Å². The minimum absolute atomic E-state index is 0.212. The van der Waals surface area contributed by atoms with Gasteiger partial charge in [0.1, 0.15) is 5.75 Å². The van der Waals surface area contributed by atoms with E-state index in [1.165, 1.54) is 18.4 Å². The van der Waals surface area contributed by atoms with Crippen LogP contribution < -0.4 is 15.4 Å². The Balaban J connectivity index is 1.85. The van der Waals surface area contributed by atoms with Gasteiger partial charge in [0.05, 0.1) is 12.2 Å². The third-order valence-corrected chi connectivity index (χ3v) is 4.58. The van der Waals surface area contributed by atoms with Crippen LogP contribution in [-0.2, 0) is 11.3 Å². The van der Waals surface area contributed by atoms with Crippen LogP contribution in [0, 0.1) is 6.92 Å². The molecule has 2 N–H and O–H groups in total. The Kier molecular flexibility index (Phi) is 8.06. The van der Waals surface area contributed by atoms with E-state index in [-0.39, 0.29) is 6.10 Å². The van der Waals surface area contributed by atoms with Gasteiger partial charge < -0.3 is 20.1 Å². The fourth-order valence-electron chi connectivity index (χ4n) is 2.84. The van der Waals surface area contributed by atoms with Crippen molar-refractivity contribution in [2.75, 3.05) is 20.2 Å². The highest BCUT2D eigenvalue weighted by Gasteiger charge is 2.15. The van der Waals surface area contributed by atoms with Crippen molar-refractivity contribution < 1.29 is 9.47 Å². The number of hydrogen-bond acceptors (Lipinski definition) is 3. The number of nitrogens with zero attached hydrogens (tertiary/aromatic N) is 1. The van der Waals surface area contributed by atoms with Crippen LogP contribution in [0.5, 0.6) is 5.75 Å². The summed E-state index contributed by atoms with van der Waals surface area (Å²) in [6.45, 7) is 8.79. The number of rotatable bonds is 8. The number of benzene rings is 1. The van der Waals surface area contributed by atoms with E-state index >= 15 is 0 Å². The lowest BCUT2D eigenvalue weighted by molar-refractivity contribution is 0.105. The van der Waals surface area contributed by atoms with Crippen molar-refractivity contribution in [2.45, 2.75) is 65.2 Å². The number of hydrogen-bond donors (Lipinski definition) is 2. The highest BCUT2D eigenvalue weighted by Crippen LogP contribution is 2.22.